The Kier molecular flexibility index (Phi) is 11.0. The Morgan fingerprint density at radius 3 is 2.20 bits per heavy atom. The Balaban J connectivity index is 1.41. The molecule has 2 heteroatoms. The molecule has 30 heavy (non-hydrogen) atoms. The molecule has 1 aliphatic carbocycles. The molecule has 1 saturated heterocycles. The molecule has 2 fully saturated rings. The minimum Gasteiger partial charge on any atom is -0.147 e. The average molecular weight is 447 g/mol. The number of unbranched alkanes of at least 4 members (excludes halogenated alkanes) is 5. The van der Waals surface area contributed by atoms with Crippen LogP contribution in [0, 0.1) is 18.8 Å². The molecule has 1 aromatic carbocycles. The zero-order valence-electron chi connectivity index (χ0n) is 20.0. The largest absolute Gasteiger partial charge is 0.147 e. The lowest BCUT2D eigenvalue weighted by molar-refractivity contribution is 0.342. The lowest BCUT2D eigenvalue weighted by Gasteiger charge is -2.37. The molecule has 0 spiro atoms. The number of hydrogen-bond acceptors (Lipinski definition) is 2. The SMILES string of the molecule is CCCCCCCc1ccc(C2CCC(C3SCC(CCCC)CS3)CC2)c(C)c1. The maximum absolute atomic E-state index is 2.50. The molecule has 2 aliphatic rings. The lowest BCUT2D eigenvalue weighted by Crippen LogP contribution is -2.26. The molecular weight excluding hydrogens is 400 g/mol. The molecule has 0 bridgehead atoms. The fourth-order valence-corrected chi connectivity index (χ4v) is 9.06. The molecule has 1 aromatic rings. The summed E-state index contributed by atoms with van der Waals surface area (Å²) in [5, 5.41) is 0. The quantitative estimate of drug-likeness (QED) is 0.310. The van der Waals surface area contributed by atoms with Gasteiger partial charge in [0.25, 0.3) is 0 Å². The van der Waals surface area contributed by atoms with E-state index >= 15 is 0 Å². The Morgan fingerprint density at radius 1 is 0.833 bits per heavy atom. The van der Waals surface area contributed by atoms with Gasteiger partial charge in [-0.25, -0.2) is 0 Å². The molecule has 3 rings (SSSR count). The first-order valence-electron chi connectivity index (χ1n) is 13.0. The van der Waals surface area contributed by atoms with Gasteiger partial charge in [-0.15, -0.1) is 23.5 Å². The minimum atomic E-state index is 0.816. The lowest BCUT2D eigenvalue weighted by atomic mass is 9.78. The minimum absolute atomic E-state index is 0.816. The molecule has 0 aromatic heterocycles. The highest BCUT2D eigenvalue weighted by atomic mass is 32.2. The molecule has 0 nitrogen and oxygen atoms in total. The van der Waals surface area contributed by atoms with E-state index in [9.17, 15) is 0 Å². The average Bonchev–Trinajstić information content (AvgIpc) is 2.78. The summed E-state index contributed by atoms with van der Waals surface area (Å²) in [7, 11) is 0. The Labute approximate surface area is 196 Å². The smallest absolute Gasteiger partial charge is 0.0530 e. The number of aryl methyl sites for hydroxylation is 2. The van der Waals surface area contributed by atoms with Crippen LogP contribution in [0.15, 0.2) is 18.2 Å². The molecule has 0 radical (unpaired) electrons. The second-order valence-corrected chi connectivity index (χ2v) is 12.7. The van der Waals surface area contributed by atoms with E-state index in [1.165, 1.54) is 95.0 Å². The van der Waals surface area contributed by atoms with Crippen LogP contribution in [0.2, 0.25) is 0 Å². The maximum atomic E-state index is 2.50. The molecule has 0 atom stereocenters. The van der Waals surface area contributed by atoms with Crippen molar-refractivity contribution in [3.8, 4) is 0 Å². The Morgan fingerprint density at radius 2 is 1.53 bits per heavy atom. The normalized spacial score (nSPS) is 27.3. The summed E-state index contributed by atoms with van der Waals surface area (Å²) in [6, 6.07) is 7.44. The van der Waals surface area contributed by atoms with Crippen molar-refractivity contribution in [2.75, 3.05) is 11.5 Å². The monoisotopic (exact) mass is 446 g/mol. The number of hydrogen-bond donors (Lipinski definition) is 0. The van der Waals surface area contributed by atoms with Crippen molar-refractivity contribution in [3.63, 3.8) is 0 Å². The highest BCUT2D eigenvalue weighted by Gasteiger charge is 2.32. The third-order valence-electron chi connectivity index (χ3n) is 7.46. The molecule has 0 amide bonds. The zero-order valence-corrected chi connectivity index (χ0v) is 21.6. The van der Waals surface area contributed by atoms with Gasteiger partial charge in [0.2, 0.25) is 0 Å². The van der Waals surface area contributed by atoms with Crippen LogP contribution in [0.25, 0.3) is 0 Å². The van der Waals surface area contributed by atoms with E-state index in [4.69, 9.17) is 0 Å². The third-order valence-corrected chi connectivity index (χ3v) is 11.0. The van der Waals surface area contributed by atoms with Gasteiger partial charge in [-0.3, -0.25) is 0 Å². The summed E-state index contributed by atoms with van der Waals surface area (Å²) in [4.78, 5) is 0. The fraction of sp³-hybridized carbons (Fsp3) is 0.786. The van der Waals surface area contributed by atoms with Crippen LogP contribution in [0.1, 0.15) is 114 Å². The molecule has 0 N–H and O–H groups in total. The second-order valence-electron chi connectivity index (χ2n) is 10.0. The van der Waals surface area contributed by atoms with Gasteiger partial charge in [0, 0.05) is 0 Å². The summed E-state index contributed by atoms with van der Waals surface area (Å²) < 4.78 is 0.889. The predicted octanol–water partition coefficient (Wildman–Crippen LogP) is 9.39. The number of rotatable bonds is 11. The first-order chi connectivity index (χ1) is 14.7. The number of benzene rings is 1. The first-order valence-corrected chi connectivity index (χ1v) is 15.1. The van der Waals surface area contributed by atoms with Crippen LogP contribution in [0.4, 0.5) is 0 Å². The summed E-state index contributed by atoms with van der Waals surface area (Å²) in [6.45, 7) is 6.99. The predicted molar refractivity (Wildman–Crippen MR) is 140 cm³/mol. The van der Waals surface area contributed by atoms with Gasteiger partial charge < -0.3 is 0 Å². The highest BCUT2D eigenvalue weighted by Crippen LogP contribution is 2.47. The van der Waals surface area contributed by atoms with Gasteiger partial charge in [0.15, 0.2) is 0 Å². The van der Waals surface area contributed by atoms with Gasteiger partial charge in [-0.05, 0) is 97.8 Å². The third kappa shape index (κ3) is 7.51. The summed E-state index contributed by atoms with van der Waals surface area (Å²) in [5.74, 6) is 5.62. The van der Waals surface area contributed by atoms with Crippen LogP contribution in [0.3, 0.4) is 0 Å². The van der Waals surface area contributed by atoms with Crippen LogP contribution in [-0.2, 0) is 6.42 Å². The van der Waals surface area contributed by atoms with Gasteiger partial charge in [-0.2, -0.15) is 0 Å². The van der Waals surface area contributed by atoms with Crippen molar-refractivity contribution in [3.05, 3.63) is 34.9 Å². The fourth-order valence-electron chi connectivity index (χ4n) is 5.48. The van der Waals surface area contributed by atoms with Crippen molar-refractivity contribution >= 4 is 23.5 Å². The van der Waals surface area contributed by atoms with Crippen molar-refractivity contribution in [2.45, 2.75) is 115 Å². The van der Waals surface area contributed by atoms with Crippen LogP contribution >= 0.6 is 23.5 Å². The van der Waals surface area contributed by atoms with Crippen molar-refractivity contribution in [1.29, 1.82) is 0 Å². The summed E-state index contributed by atoms with van der Waals surface area (Å²) in [6.07, 6.45) is 18.2. The highest BCUT2D eigenvalue weighted by molar-refractivity contribution is 8.17. The van der Waals surface area contributed by atoms with Crippen molar-refractivity contribution in [1.82, 2.24) is 0 Å². The molecule has 1 aliphatic heterocycles. The standard InChI is InChI=1S/C28H46S2/c1-4-6-8-9-10-12-23-13-18-27(22(3)19-23)25-14-16-26(17-15-25)28-29-20-24(21-30-28)11-7-5-2/h13,18-19,24-26,28H,4-12,14-17,20-21H2,1-3H3. The molecular formula is C28H46S2. The summed E-state index contributed by atoms with van der Waals surface area (Å²) >= 11 is 4.61. The summed E-state index contributed by atoms with van der Waals surface area (Å²) in [5.41, 5.74) is 4.78. The van der Waals surface area contributed by atoms with Crippen LogP contribution in [0.5, 0.6) is 0 Å². The van der Waals surface area contributed by atoms with E-state index in [1.807, 2.05) is 0 Å². The van der Waals surface area contributed by atoms with Gasteiger partial charge in [0.05, 0.1) is 4.58 Å². The Hall–Kier alpha value is -0.0800. The van der Waals surface area contributed by atoms with Gasteiger partial charge in [0.1, 0.15) is 0 Å². The number of thioether (sulfide) groups is 2. The molecule has 1 heterocycles. The van der Waals surface area contributed by atoms with E-state index in [-0.39, 0.29) is 0 Å². The van der Waals surface area contributed by atoms with Gasteiger partial charge in [-0.1, -0.05) is 70.6 Å². The van der Waals surface area contributed by atoms with Crippen LogP contribution in [-0.4, -0.2) is 16.1 Å². The second kappa shape index (κ2) is 13.5. The Bertz CT molecular complexity index is 595. The van der Waals surface area contributed by atoms with E-state index < -0.39 is 0 Å². The van der Waals surface area contributed by atoms with E-state index in [2.05, 4.69) is 62.5 Å². The van der Waals surface area contributed by atoms with Crippen LogP contribution < -0.4 is 0 Å². The van der Waals surface area contributed by atoms with E-state index in [0.29, 0.717) is 0 Å². The maximum Gasteiger partial charge on any atom is 0.0530 e. The van der Waals surface area contributed by atoms with E-state index in [0.717, 1.165) is 22.3 Å². The van der Waals surface area contributed by atoms with Crippen molar-refractivity contribution in [2.24, 2.45) is 11.8 Å². The molecule has 1 saturated carbocycles. The molecule has 170 valence electrons. The van der Waals surface area contributed by atoms with E-state index in [1.54, 1.807) is 16.7 Å². The van der Waals surface area contributed by atoms with Crippen molar-refractivity contribution < 1.29 is 0 Å². The topological polar surface area (TPSA) is 0 Å². The van der Waals surface area contributed by atoms with Gasteiger partial charge >= 0.3 is 0 Å². The first kappa shape index (κ1) is 24.6. The zero-order chi connectivity index (χ0) is 21.2. The molecule has 0 unspecified atom stereocenters.